The maximum Gasteiger partial charge on any atom is 0.426 e. The summed E-state index contributed by atoms with van der Waals surface area (Å²) in [4.78, 5) is 12.4. The van der Waals surface area contributed by atoms with E-state index in [0.29, 0.717) is 0 Å². The quantitative estimate of drug-likeness (QED) is 0.381. The van der Waals surface area contributed by atoms with E-state index >= 15 is 0 Å². The summed E-state index contributed by atoms with van der Waals surface area (Å²) in [6, 6.07) is 0. The molecule has 1 aliphatic carbocycles. The van der Waals surface area contributed by atoms with Gasteiger partial charge in [0.25, 0.3) is 5.24 Å². The molecule has 1 fully saturated rings. The second-order valence-electron chi connectivity index (χ2n) is 8.72. The number of hydrogen-bond donors (Lipinski definition) is 1. The summed E-state index contributed by atoms with van der Waals surface area (Å²) < 4.78 is 31.8. The molecule has 2 heterocycles. The fourth-order valence-corrected chi connectivity index (χ4v) is 5.96. The number of rotatable bonds is 5. The first-order valence-electron chi connectivity index (χ1n) is 9.43. The van der Waals surface area contributed by atoms with E-state index in [4.69, 9.17) is 13.8 Å². The summed E-state index contributed by atoms with van der Waals surface area (Å²) in [5.74, 6) is 0.771. The standard InChI is InChI=1S/C19H29N2O5PS/c1-6-21(27(23)25-12-18(2,3)13-26-27)20(17(22)28)11-15-16-14(8-7-9-24-16)10-19(15,4)5/h7-9H,6,10-13H2,1-5H3,(H,22,28). The van der Waals surface area contributed by atoms with E-state index in [1.54, 1.807) is 13.2 Å². The van der Waals surface area contributed by atoms with Gasteiger partial charge in [-0.2, -0.15) is 0 Å². The lowest BCUT2D eigenvalue weighted by Gasteiger charge is -2.42. The van der Waals surface area contributed by atoms with Crippen molar-refractivity contribution in [3.63, 3.8) is 0 Å². The Labute approximate surface area is 172 Å². The lowest BCUT2D eigenvalue weighted by Crippen LogP contribution is -2.47. The molecule has 0 aromatic rings. The molecule has 28 heavy (non-hydrogen) atoms. The second-order valence-corrected chi connectivity index (χ2v) is 11.0. The predicted octanol–water partition coefficient (Wildman–Crippen LogP) is 4.91. The molecular weight excluding hydrogens is 399 g/mol. The third-order valence-corrected chi connectivity index (χ3v) is 7.39. The molecule has 0 unspecified atom stereocenters. The molecule has 0 radical (unpaired) electrons. The minimum Gasteiger partial charge on any atom is -0.465 e. The summed E-state index contributed by atoms with van der Waals surface area (Å²) in [6.07, 6.45) is 6.32. The highest BCUT2D eigenvalue weighted by Gasteiger charge is 2.46. The second kappa shape index (κ2) is 7.65. The topological polar surface area (TPSA) is 68.3 Å². The number of fused-ring (bicyclic) bond motifs is 1. The van der Waals surface area contributed by atoms with Gasteiger partial charge in [-0.1, -0.05) is 46.4 Å². The van der Waals surface area contributed by atoms with E-state index in [2.05, 4.69) is 26.5 Å². The number of hydrogen-bond acceptors (Lipinski definition) is 5. The van der Waals surface area contributed by atoms with E-state index in [1.165, 1.54) is 9.79 Å². The van der Waals surface area contributed by atoms with Crippen molar-refractivity contribution in [3.8, 4) is 0 Å². The van der Waals surface area contributed by atoms with Gasteiger partial charge < -0.3 is 4.74 Å². The Bertz CT molecular complexity index is 788. The Hall–Kier alpha value is -1.05. The predicted molar refractivity (Wildman–Crippen MR) is 110 cm³/mol. The Morgan fingerprint density at radius 3 is 2.46 bits per heavy atom. The number of allylic oxidation sites excluding steroid dienone is 3. The maximum atomic E-state index is 13.4. The first-order chi connectivity index (χ1) is 13.0. The van der Waals surface area contributed by atoms with Crippen molar-refractivity contribution < 1.29 is 23.1 Å². The van der Waals surface area contributed by atoms with Crippen molar-refractivity contribution in [2.75, 3.05) is 26.3 Å². The van der Waals surface area contributed by atoms with Crippen LogP contribution in [-0.4, -0.2) is 41.3 Å². The average molecular weight is 428 g/mol. The highest BCUT2D eigenvalue weighted by atomic mass is 32.1. The average Bonchev–Trinajstić information content (AvgIpc) is 2.87. The van der Waals surface area contributed by atoms with Crippen LogP contribution < -0.4 is 0 Å². The molecule has 0 aromatic heterocycles. The highest BCUT2D eigenvalue weighted by molar-refractivity contribution is 7.96. The van der Waals surface area contributed by atoms with Crippen LogP contribution in [0.5, 0.6) is 0 Å². The molecule has 1 amide bonds. The van der Waals surface area contributed by atoms with Crippen LogP contribution in [0, 0.1) is 10.8 Å². The molecule has 156 valence electrons. The normalized spacial score (nSPS) is 24.6. The molecule has 0 saturated carbocycles. The summed E-state index contributed by atoms with van der Waals surface area (Å²) in [6.45, 7) is 11.0. The van der Waals surface area contributed by atoms with Gasteiger partial charge >= 0.3 is 7.75 Å². The van der Waals surface area contributed by atoms with Crippen LogP contribution in [0.2, 0.25) is 0 Å². The molecule has 3 aliphatic rings. The van der Waals surface area contributed by atoms with E-state index in [0.717, 1.165) is 23.3 Å². The van der Waals surface area contributed by atoms with Gasteiger partial charge in [-0.25, -0.2) is 4.57 Å². The van der Waals surface area contributed by atoms with Gasteiger partial charge in [-0.3, -0.25) is 18.9 Å². The molecule has 2 aliphatic heterocycles. The van der Waals surface area contributed by atoms with Crippen molar-refractivity contribution in [2.24, 2.45) is 10.8 Å². The van der Waals surface area contributed by atoms with Gasteiger partial charge in [0.2, 0.25) is 0 Å². The Kier molecular flexibility index (Phi) is 5.92. The van der Waals surface area contributed by atoms with Crippen LogP contribution in [0.25, 0.3) is 0 Å². The van der Waals surface area contributed by atoms with Gasteiger partial charge in [0.1, 0.15) is 5.76 Å². The molecule has 3 rings (SSSR count). The maximum absolute atomic E-state index is 13.4. The SMILES string of the molecule is CCN(N(CC1=C2OC=CC=C2CC1(C)C)C(=O)S)P1(=O)OCC(C)(C)CO1. The van der Waals surface area contributed by atoms with Gasteiger partial charge in [0.15, 0.2) is 0 Å². The molecule has 1 saturated heterocycles. The van der Waals surface area contributed by atoms with Crippen molar-refractivity contribution in [1.29, 1.82) is 0 Å². The zero-order valence-corrected chi connectivity index (χ0v) is 18.9. The number of nitrogens with zero attached hydrogens (tertiary/aromatic N) is 2. The van der Waals surface area contributed by atoms with Crippen molar-refractivity contribution >= 4 is 25.6 Å². The Morgan fingerprint density at radius 2 is 1.89 bits per heavy atom. The fraction of sp³-hybridized carbons (Fsp3) is 0.632. The molecule has 0 atom stereocenters. The largest absolute Gasteiger partial charge is 0.465 e. The molecule has 9 heteroatoms. The number of carbonyl (C=O) groups excluding carboxylic acids is 1. The van der Waals surface area contributed by atoms with Crippen molar-refractivity contribution in [3.05, 3.63) is 35.3 Å². The minimum atomic E-state index is -3.65. The zero-order valence-electron chi connectivity index (χ0n) is 17.1. The van der Waals surface area contributed by atoms with Gasteiger partial charge in [-0.05, 0) is 36.0 Å². The Morgan fingerprint density at radius 1 is 1.25 bits per heavy atom. The number of thiol groups is 1. The van der Waals surface area contributed by atoms with E-state index < -0.39 is 13.0 Å². The fourth-order valence-electron chi connectivity index (χ4n) is 3.59. The van der Waals surface area contributed by atoms with E-state index in [-0.39, 0.29) is 37.1 Å². The molecule has 0 spiro atoms. The third-order valence-electron chi connectivity index (χ3n) is 5.19. The van der Waals surface area contributed by atoms with E-state index in [1.807, 2.05) is 26.0 Å². The molecule has 0 N–H and O–H groups in total. The third kappa shape index (κ3) is 4.12. The molecular formula is C19H29N2O5PS. The van der Waals surface area contributed by atoms with Crippen LogP contribution in [-0.2, 0) is 18.3 Å². The van der Waals surface area contributed by atoms with E-state index in [9.17, 15) is 9.36 Å². The van der Waals surface area contributed by atoms with Gasteiger partial charge in [0, 0.05) is 12.0 Å². The van der Waals surface area contributed by atoms with Crippen LogP contribution >= 0.6 is 20.4 Å². The van der Waals surface area contributed by atoms with Crippen LogP contribution in [0.3, 0.4) is 0 Å². The first kappa shape index (κ1) is 21.7. The first-order valence-corrected chi connectivity index (χ1v) is 11.4. The van der Waals surface area contributed by atoms with Crippen molar-refractivity contribution in [2.45, 2.75) is 41.0 Å². The van der Waals surface area contributed by atoms with Crippen LogP contribution in [0.4, 0.5) is 4.79 Å². The summed E-state index contributed by atoms with van der Waals surface area (Å²) in [7, 11) is -3.65. The lowest BCUT2D eigenvalue weighted by atomic mass is 9.85. The number of hydrazine groups is 1. The molecule has 0 aromatic carbocycles. The summed E-state index contributed by atoms with van der Waals surface area (Å²) in [5.41, 5.74) is 1.60. The molecule has 0 bridgehead atoms. The lowest BCUT2D eigenvalue weighted by molar-refractivity contribution is -0.0101. The summed E-state index contributed by atoms with van der Waals surface area (Å²) in [5, 5.41) is 0.818. The summed E-state index contributed by atoms with van der Waals surface area (Å²) >= 11 is 4.05. The molecule has 7 nitrogen and oxygen atoms in total. The van der Waals surface area contributed by atoms with Gasteiger partial charge in [0.05, 0.1) is 26.0 Å². The highest BCUT2D eigenvalue weighted by Crippen LogP contribution is 2.58. The van der Waals surface area contributed by atoms with Crippen LogP contribution in [0.15, 0.2) is 35.3 Å². The smallest absolute Gasteiger partial charge is 0.426 e. The Balaban J connectivity index is 1.91. The number of ether oxygens (including phenoxy) is 1. The minimum absolute atomic E-state index is 0.198. The number of amides is 1. The van der Waals surface area contributed by atoms with Crippen LogP contribution in [0.1, 0.15) is 41.0 Å². The zero-order chi connectivity index (χ0) is 20.7. The number of carbonyl (C=O) groups is 1. The van der Waals surface area contributed by atoms with Crippen molar-refractivity contribution in [1.82, 2.24) is 9.79 Å². The monoisotopic (exact) mass is 428 g/mol. The van der Waals surface area contributed by atoms with Gasteiger partial charge in [-0.15, -0.1) is 4.78 Å².